The Morgan fingerprint density at radius 1 is 0.977 bits per heavy atom. The van der Waals surface area contributed by atoms with Gasteiger partial charge in [-0.1, -0.05) is 59.6 Å². The Hall–Kier alpha value is -3.73. The molecule has 0 unspecified atom stereocenters. The molecular weight excluding hydrogens is 603 g/mol. The molecule has 2 aliphatic rings. The number of benzene rings is 3. The lowest BCUT2D eigenvalue weighted by atomic mass is 9.92. The predicted molar refractivity (Wildman–Crippen MR) is 169 cm³/mol. The first-order valence-electron chi connectivity index (χ1n) is 14.3. The number of fused-ring (bicyclic) bond motifs is 1. The van der Waals surface area contributed by atoms with Crippen LogP contribution in [0.5, 0.6) is 11.6 Å². The van der Waals surface area contributed by atoms with E-state index in [9.17, 15) is 15.0 Å². The Bertz CT molecular complexity index is 1730. The normalized spacial score (nSPS) is 15.5. The van der Waals surface area contributed by atoms with Crippen molar-refractivity contribution in [1.29, 1.82) is 0 Å². The fourth-order valence-corrected chi connectivity index (χ4v) is 6.63. The second-order valence-electron chi connectivity index (χ2n) is 11.1. The topological polar surface area (TPSA) is 108 Å². The van der Waals surface area contributed by atoms with Crippen molar-refractivity contribution < 1.29 is 24.5 Å². The number of halogens is 2. The van der Waals surface area contributed by atoms with Crippen LogP contribution in [-0.2, 0) is 24.3 Å². The van der Waals surface area contributed by atoms with E-state index in [0.29, 0.717) is 72.0 Å². The number of hydrogen-bond donors (Lipinski definition) is 2. The van der Waals surface area contributed by atoms with Crippen molar-refractivity contribution in [3.63, 3.8) is 0 Å². The number of rotatable bonds is 9. The van der Waals surface area contributed by atoms with Gasteiger partial charge in [-0.25, -0.2) is 4.98 Å². The maximum atomic E-state index is 11.3. The van der Waals surface area contributed by atoms with Gasteiger partial charge in [-0.15, -0.1) is 0 Å². The van der Waals surface area contributed by atoms with E-state index >= 15 is 0 Å². The van der Waals surface area contributed by atoms with Crippen LogP contribution in [-0.4, -0.2) is 82.5 Å². The zero-order valence-corrected chi connectivity index (χ0v) is 25.9. The summed E-state index contributed by atoms with van der Waals surface area (Å²) >= 11 is 14.2. The molecule has 2 N–H and O–H groups in total. The Morgan fingerprint density at radius 3 is 2.32 bits per heavy atom. The van der Waals surface area contributed by atoms with E-state index in [2.05, 4.69) is 16.0 Å². The standard InChI is InChI=1S/C33H32Cl2N4O5/c1-43-29-12-19(11-20-14-38(18-30(41)42)10-9-22(20)29)23-5-3-6-24(31(23)34)25-7-4-8-26(32(25)35)27-13-36-28(33(37-27)44-2)17-39-15-21(40)16-39/h3-8,11-13,21,40H,9-10,14-18H2,1-2H3,(H,41,42). The number of aliphatic hydroxyl groups is 1. The highest BCUT2D eigenvalue weighted by molar-refractivity contribution is 6.39. The Kier molecular flexibility index (Phi) is 8.75. The number of carboxylic acid groups (broad SMARTS) is 1. The Balaban J connectivity index is 1.35. The number of ether oxygens (including phenoxy) is 2. The molecule has 228 valence electrons. The van der Waals surface area contributed by atoms with Crippen LogP contribution >= 0.6 is 23.2 Å². The molecular formula is C33H32Cl2N4O5. The average molecular weight is 636 g/mol. The van der Waals surface area contributed by atoms with E-state index < -0.39 is 5.97 Å². The first kappa shape index (κ1) is 30.3. The summed E-state index contributed by atoms with van der Waals surface area (Å²) in [6.45, 7) is 2.89. The van der Waals surface area contributed by atoms with Crippen LogP contribution in [0.3, 0.4) is 0 Å². The number of hydrogen-bond acceptors (Lipinski definition) is 8. The molecule has 0 bridgehead atoms. The van der Waals surface area contributed by atoms with Crippen LogP contribution in [0.2, 0.25) is 10.0 Å². The first-order valence-corrected chi connectivity index (χ1v) is 15.0. The van der Waals surface area contributed by atoms with Gasteiger partial charge >= 0.3 is 5.97 Å². The fraction of sp³-hybridized carbons (Fsp3) is 0.303. The number of likely N-dealkylation sites (tertiary alicyclic amines) is 1. The van der Waals surface area contributed by atoms with Gasteiger partial charge < -0.3 is 19.7 Å². The number of nitrogens with zero attached hydrogens (tertiary/aromatic N) is 4. The van der Waals surface area contributed by atoms with E-state index in [-0.39, 0.29) is 12.6 Å². The molecule has 9 nitrogen and oxygen atoms in total. The number of carbonyl (C=O) groups is 1. The lowest BCUT2D eigenvalue weighted by Gasteiger charge is -2.35. The molecule has 1 aromatic heterocycles. The quantitative estimate of drug-likeness (QED) is 0.249. The van der Waals surface area contributed by atoms with Crippen LogP contribution in [0.1, 0.15) is 16.8 Å². The minimum atomic E-state index is -0.848. The van der Waals surface area contributed by atoms with Crippen molar-refractivity contribution in [1.82, 2.24) is 19.8 Å². The van der Waals surface area contributed by atoms with Gasteiger partial charge in [0, 0.05) is 55.0 Å². The number of aliphatic carboxylic acids is 1. The average Bonchev–Trinajstić information content (AvgIpc) is 3.00. The van der Waals surface area contributed by atoms with E-state index in [1.807, 2.05) is 47.4 Å². The molecule has 0 atom stereocenters. The van der Waals surface area contributed by atoms with Crippen LogP contribution in [0.25, 0.3) is 33.5 Å². The van der Waals surface area contributed by atoms with E-state index in [4.69, 9.17) is 37.7 Å². The number of methoxy groups -OCH3 is 2. The maximum Gasteiger partial charge on any atom is 0.317 e. The fourth-order valence-electron chi connectivity index (χ4n) is 5.96. The summed E-state index contributed by atoms with van der Waals surface area (Å²) in [6, 6.07) is 15.6. The molecule has 0 spiro atoms. The van der Waals surface area contributed by atoms with Gasteiger partial charge in [-0.3, -0.25) is 19.6 Å². The van der Waals surface area contributed by atoms with Crippen LogP contribution in [0.15, 0.2) is 54.7 Å². The molecule has 2 aliphatic heterocycles. The van der Waals surface area contributed by atoms with Crippen molar-refractivity contribution in [3.8, 4) is 45.1 Å². The molecule has 3 heterocycles. The highest BCUT2D eigenvalue weighted by Gasteiger charge is 2.27. The molecule has 44 heavy (non-hydrogen) atoms. The third-order valence-electron chi connectivity index (χ3n) is 8.14. The molecule has 1 fully saturated rings. The zero-order chi connectivity index (χ0) is 31.0. The molecule has 0 radical (unpaired) electrons. The summed E-state index contributed by atoms with van der Waals surface area (Å²) in [5.41, 5.74) is 7.25. The Morgan fingerprint density at radius 2 is 1.66 bits per heavy atom. The van der Waals surface area contributed by atoms with E-state index in [1.54, 1.807) is 20.4 Å². The third-order valence-corrected chi connectivity index (χ3v) is 8.96. The van der Waals surface area contributed by atoms with Crippen molar-refractivity contribution in [2.24, 2.45) is 0 Å². The molecule has 6 rings (SSSR count). The van der Waals surface area contributed by atoms with Crippen molar-refractivity contribution in [2.75, 3.05) is 40.4 Å². The maximum absolute atomic E-state index is 11.3. The van der Waals surface area contributed by atoms with Gasteiger partial charge in [-0.2, -0.15) is 0 Å². The van der Waals surface area contributed by atoms with Gasteiger partial charge in [-0.05, 0) is 35.2 Å². The highest BCUT2D eigenvalue weighted by atomic mass is 35.5. The smallest absolute Gasteiger partial charge is 0.317 e. The lowest BCUT2D eigenvalue weighted by molar-refractivity contribution is -0.138. The van der Waals surface area contributed by atoms with Crippen LogP contribution < -0.4 is 9.47 Å². The summed E-state index contributed by atoms with van der Waals surface area (Å²) in [6.07, 6.45) is 2.09. The largest absolute Gasteiger partial charge is 0.496 e. The van der Waals surface area contributed by atoms with Crippen molar-refractivity contribution >= 4 is 29.2 Å². The highest BCUT2D eigenvalue weighted by Crippen LogP contribution is 2.44. The summed E-state index contributed by atoms with van der Waals surface area (Å²) in [5.74, 6) is 0.322. The van der Waals surface area contributed by atoms with Gasteiger partial charge in [0.1, 0.15) is 11.4 Å². The summed E-state index contributed by atoms with van der Waals surface area (Å²) in [4.78, 5) is 24.7. The number of aliphatic hydroxyl groups excluding tert-OH is 1. The minimum absolute atomic E-state index is 0.0153. The molecule has 0 aliphatic carbocycles. The molecule has 0 amide bonds. The van der Waals surface area contributed by atoms with Gasteiger partial charge in [0.15, 0.2) is 0 Å². The molecule has 4 aromatic rings. The lowest BCUT2D eigenvalue weighted by Crippen LogP contribution is -2.50. The van der Waals surface area contributed by atoms with Gasteiger partial charge in [0.05, 0.1) is 48.8 Å². The summed E-state index contributed by atoms with van der Waals surface area (Å²) < 4.78 is 11.3. The second kappa shape index (κ2) is 12.7. The SMILES string of the molecule is COc1cc(-c2cccc(-c3cccc(-c4cnc(CN5CC(O)C5)c(OC)n4)c3Cl)c2Cl)cc2c1CCN(CC(=O)O)C2. The molecule has 0 saturated carbocycles. The Labute approximate surface area is 265 Å². The monoisotopic (exact) mass is 634 g/mol. The van der Waals surface area contributed by atoms with Crippen LogP contribution in [0.4, 0.5) is 0 Å². The minimum Gasteiger partial charge on any atom is -0.496 e. The van der Waals surface area contributed by atoms with Crippen LogP contribution in [0, 0.1) is 0 Å². The third kappa shape index (κ3) is 5.98. The molecule has 1 saturated heterocycles. The van der Waals surface area contributed by atoms with Gasteiger partial charge in [0.2, 0.25) is 5.88 Å². The second-order valence-corrected chi connectivity index (χ2v) is 11.8. The van der Waals surface area contributed by atoms with E-state index in [0.717, 1.165) is 39.1 Å². The zero-order valence-electron chi connectivity index (χ0n) is 24.4. The summed E-state index contributed by atoms with van der Waals surface area (Å²) in [7, 11) is 3.21. The number of carboxylic acids is 1. The van der Waals surface area contributed by atoms with Crippen molar-refractivity contribution in [2.45, 2.75) is 25.6 Å². The molecule has 11 heteroatoms. The van der Waals surface area contributed by atoms with E-state index in [1.165, 1.54) is 0 Å². The van der Waals surface area contributed by atoms with Gasteiger partial charge in [0.25, 0.3) is 0 Å². The summed E-state index contributed by atoms with van der Waals surface area (Å²) in [5, 5.41) is 19.9. The first-order chi connectivity index (χ1) is 21.2. The molecule has 3 aromatic carbocycles. The number of β-amino-alcohol motifs (C(OH)–C–C–N with tert-alkyl or cyclic N) is 1. The number of aromatic nitrogens is 2. The van der Waals surface area contributed by atoms with Crippen molar-refractivity contribution in [3.05, 3.63) is 81.6 Å². The predicted octanol–water partition coefficient (Wildman–Crippen LogP) is 5.42.